The van der Waals surface area contributed by atoms with Gasteiger partial charge in [-0.05, 0) is 66.2 Å². The minimum Gasteiger partial charge on any atom is -0.379 e. The van der Waals surface area contributed by atoms with Crippen LogP contribution in [0.15, 0.2) is 82.8 Å². The molecule has 0 saturated heterocycles. The molecule has 0 aliphatic heterocycles. The monoisotopic (exact) mass is 471 g/mol. The number of anilines is 1. The van der Waals surface area contributed by atoms with E-state index in [1.807, 2.05) is 0 Å². The smallest absolute Gasteiger partial charge is 0.339 e. The summed E-state index contributed by atoms with van der Waals surface area (Å²) in [6.45, 7) is 1.35. The summed E-state index contributed by atoms with van der Waals surface area (Å²) in [7, 11) is -4.09. The van der Waals surface area contributed by atoms with E-state index in [-0.39, 0.29) is 16.6 Å². The summed E-state index contributed by atoms with van der Waals surface area (Å²) < 4.78 is 30.2. The van der Waals surface area contributed by atoms with Gasteiger partial charge in [-0.2, -0.15) is 13.5 Å². The van der Waals surface area contributed by atoms with Gasteiger partial charge in [0.05, 0.1) is 6.21 Å². The van der Waals surface area contributed by atoms with Gasteiger partial charge >= 0.3 is 10.1 Å². The molecule has 10 heteroatoms. The molecule has 2 N–H and O–H groups in total. The molecule has 0 spiro atoms. The fourth-order valence-corrected chi connectivity index (χ4v) is 3.61. The standard InChI is InChI=1S/C22H18ClN3O5S/c1-15(27)25-19-9-11-21(12-10-19)32(29,30)31-20-4-2-3-16(13-20)14-24-26-22(28)17-5-7-18(23)8-6-17/h2-14H,1H3,(H,25,27)(H,26,28)/b24-14-. The maximum atomic E-state index is 12.5. The lowest BCUT2D eigenvalue weighted by Gasteiger charge is -2.08. The van der Waals surface area contributed by atoms with E-state index in [2.05, 4.69) is 15.8 Å². The maximum Gasteiger partial charge on any atom is 0.339 e. The van der Waals surface area contributed by atoms with Crippen molar-refractivity contribution in [2.24, 2.45) is 5.10 Å². The van der Waals surface area contributed by atoms with Crippen molar-refractivity contribution in [1.82, 2.24) is 5.43 Å². The molecule has 3 aromatic carbocycles. The Labute approximate surface area is 190 Å². The Hall–Kier alpha value is -3.69. The van der Waals surface area contributed by atoms with Crippen molar-refractivity contribution >= 4 is 45.4 Å². The molecule has 0 bridgehead atoms. The number of hydrazone groups is 1. The number of nitrogens with one attached hydrogen (secondary N) is 2. The number of halogens is 1. The molecular weight excluding hydrogens is 454 g/mol. The Balaban J connectivity index is 1.66. The van der Waals surface area contributed by atoms with Crippen molar-refractivity contribution in [2.45, 2.75) is 11.8 Å². The second kappa shape index (κ2) is 10.1. The summed E-state index contributed by atoms with van der Waals surface area (Å²) in [5.74, 6) is -0.612. The first kappa shape index (κ1) is 23.0. The van der Waals surface area contributed by atoms with Crippen molar-refractivity contribution in [2.75, 3.05) is 5.32 Å². The highest BCUT2D eigenvalue weighted by Crippen LogP contribution is 2.21. The molecule has 0 heterocycles. The lowest BCUT2D eigenvalue weighted by atomic mass is 10.2. The Morgan fingerprint density at radius 3 is 2.34 bits per heavy atom. The predicted molar refractivity (Wildman–Crippen MR) is 122 cm³/mol. The van der Waals surface area contributed by atoms with Gasteiger partial charge in [-0.1, -0.05) is 23.7 Å². The van der Waals surface area contributed by atoms with Gasteiger partial charge in [-0.25, -0.2) is 5.43 Å². The van der Waals surface area contributed by atoms with Gasteiger partial charge in [0.15, 0.2) is 0 Å². The van der Waals surface area contributed by atoms with E-state index in [1.54, 1.807) is 36.4 Å². The first-order chi connectivity index (χ1) is 15.2. The molecule has 3 rings (SSSR count). The van der Waals surface area contributed by atoms with Crippen LogP contribution in [0.1, 0.15) is 22.8 Å². The summed E-state index contributed by atoms with van der Waals surface area (Å²) in [6, 6.07) is 18.1. The average molecular weight is 472 g/mol. The number of rotatable bonds is 7. The third kappa shape index (κ3) is 6.40. The molecule has 32 heavy (non-hydrogen) atoms. The Morgan fingerprint density at radius 2 is 1.69 bits per heavy atom. The summed E-state index contributed by atoms with van der Waals surface area (Å²) >= 11 is 5.79. The first-order valence-electron chi connectivity index (χ1n) is 9.24. The molecule has 3 aromatic rings. The molecule has 0 radical (unpaired) electrons. The molecule has 2 amide bonds. The van der Waals surface area contributed by atoms with E-state index in [9.17, 15) is 18.0 Å². The number of hydrogen-bond acceptors (Lipinski definition) is 6. The molecule has 0 aliphatic carbocycles. The first-order valence-corrected chi connectivity index (χ1v) is 11.0. The largest absolute Gasteiger partial charge is 0.379 e. The predicted octanol–water partition coefficient (Wildman–Crippen LogP) is 3.83. The normalized spacial score (nSPS) is 11.2. The number of nitrogens with zero attached hydrogens (tertiary/aromatic N) is 1. The zero-order valence-corrected chi connectivity index (χ0v) is 18.4. The van der Waals surface area contributed by atoms with Gasteiger partial charge in [0, 0.05) is 23.2 Å². The van der Waals surface area contributed by atoms with Gasteiger partial charge in [0.2, 0.25) is 5.91 Å². The van der Waals surface area contributed by atoms with Crippen molar-refractivity contribution < 1.29 is 22.2 Å². The Bertz CT molecular complexity index is 1260. The Kier molecular flexibility index (Phi) is 7.24. The topological polar surface area (TPSA) is 114 Å². The van der Waals surface area contributed by atoms with Gasteiger partial charge in [-0.15, -0.1) is 0 Å². The third-order valence-electron chi connectivity index (χ3n) is 4.01. The van der Waals surface area contributed by atoms with Crippen molar-refractivity contribution in [3.05, 3.63) is 88.9 Å². The van der Waals surface area contributed by atoms with E-state index in [1.165, 1.54) is 49.5 Å². The lowest BCUT2D eigenvalue weighted by molar-refractivity contribution is -0.114. The van der Waals surface area contributed by atoms with E-state index in [4.69, 9.17) is 15.8 Å². The van der Waals surface area contributed by atoms with Crippen LogP contribution in [0.5, 0.6) is 5.75 Å². The number of carbonyl (C=O) groups is 2. The number of hydrogen-bond donors (Lipinski definition) is 2. The van der Waals surface area contributed by atoms with E-state index < -0.39 is 16.0 Å². The molecular formula is C22H18ClN3O5S. The van der Waals surface area contributed by atoms with Gasteiger partial charge in [0.25, 0.3) is 5.91 Å². The summed E-state index contributed by atoms with van der Waals surface area (Å²) in [6.07, 6.45) is 1.36. The summed E-state index contributed by atoms with van der Waals surface area (Å²) in [5.41, 5.74) is 3.74. The van der Waals surface area contributed by atoms with Crippen LogP contribution in [0.3, 0.4) is 0 Å². The maximum absolute atomic E-state index is 12.5. The van der Waals surface area contributed by atoms with Gasteiger partial charge in [-0.3, -0.25) is 9.59 Å². The lowest BCUT2D eigenvalue weighted by Crippen LogP contribution is -2.17. The van der Waals surface area contributed by atoms with E-state index >= 15 is 0 Å². The highest BCUT2D eigenvalue weighted by molar-refractivity contribution is 7.87. The summed E-state index contributed by atoms with van der Waals surface area (Å²) in [4.78, 5) is 23.0. The molecule has 0 saturated carbocycles. The Morgan fingerprint density at radius 1 is 1.00 bits per heavy atom. The molecule has 0 unspecified atom stereocenters. The molecule has 0 aliphatic rings. The SMILES string of the molecule is CC(=O)Nc1ccc(S(=O)(=O)Oc2cccc(/C=N\NC(=O)c3ccc(Cl)cc3)c2)cc1. The molecule has 164 valence electrons. The van der Waals surface area contributed by atoms with Gasteiger partial charge in [0.1, 0.15) is 10.6 Å². The number of benzene rings is 3. The van der Waals surface area contributed by atoms with Crippen LogP contribution in [0.25, 0.3) is 0 Å². The van der Waals surface area contributed by atoms with Crippen LogP contribution < -0.4 is 14.9 Å². The van der Waals surface area contributed by atoms with Crippen LogP contribution in [-0.4, -0.2) is 26.4 Å². The number of carbonyl (C=O) groups excluding carboxylic acids is 2. The molecule has 0 atom stereocenters. The van der Waals surface area contributed by atoms with E-state index in [0.29, 0.717) is 21.8 Å². The fourth-order valence-electron chi connectivity index (χ4n) is 2.56. The van der Waals surface area contributed by atoms with Crippen LogP contribution >= 0.6 is 11.6 Å². The van der Waals surface area contributed by atoms with Crippen LogP contribution in [0.4, 0.5) is 5.69 Å². The molecule has 8 nitrogen and oxygen atoms in total. The second-order valence-electron chi connectivity index (χ2n) is 6.52. The third-order valence-corrected chi connectivity index (χ3v) is 5.53. The van der Waals surface area contributed by atoms with Crippen molar-refractivity contribution in [3.8, 4) is 5.75 Å². The zero-order chi connectivity index (χ0) is 23.1. The van der Waals surface area contributed by atoms with E-state index in [0.717, 1.165) is 0 Å². The van der Waals surface area contributed by atoms with Crippen molar-refractivity contribution in [1.29, 1.82) is 0 Å². The van der Waals surface area contributed by atoms with Crippen LogP contribution in [0.2, 0.25) is 5.02 Å². The minimum absolute atomic E-state index is 0.0686. The van der Waals surface area contributed by atoms with Crippen LogP contribution in [-0.2, 0) is 14.9 Å². The zero-order valence-electron chi connectivity index (χ0n) is 16.8. The fraction of sp³-hybridized carbons (Fsp3) is 0.0455. The van der Waals surface area contributed by atoms with Crippen LogP contribution in [0, 0.1) is 0 Å². The molecule has 0 fully saturated rings. The molecule has 0 aromatic heterocycles. The second-order valence-corrected chi connectivity index (χ2v) is 8.50. The summed E-state index contributed by atoms with van der Waals surface area (Å²) in [5, 5.41) is 6.94. The number of amides is 2. The van der Waals surface area contributed by atoms with Crippen molar-refractivity contribution in [3.63, 3.8) is 0 Å². The average Bonchev–Trinajstić information content (AvgIpc) is 2.74. The quantitative estimate of drug-likeness (QED) is 0.309. The highest BCUT2D eigenvalue weighted by Gasteiger charge is 2.17. The van der Waals surface area contributed by atoms with Gasteiger partial charge < -0.3 is 9.50 Å². The minimum atomic E-state index is -4.09. The highest BCUT2D eigenvalue weighted by atomic mass is 35.5.